The molecule has 12 atom stereocenters. The van der Waals surface area contributed by atoms with Gasteiger partial charge < -0.3 is 127 Å². The Morgan fingerprint density at radius 2 is 0.940 bits per heavy atom. The number of amides is 16. The number of rotatable bonds is 52. The summed E-state index contributed by atoms with van der Waals surface area (Å²) in [5.74, 6) is -18.9. The summed E-state index contributed by atoms with van der Waals surface area (Å²) in [6.45, 7) is 30.4. The van der Waals surface area contributed by atoms with Crippen LogP contribution < -0.4 is 102 Å². The minimum Gasteiger partial charge on any atom is -0.487 e. The first kappa shape index (κ1) is 116. The highest BCUT2D eigenvalue weighted by atomic mass is 32.2. The van der Waals surface area contributed by atoms with Crippen molar-refractivity contribution in [2.75, 3.05) is 32.8 Å². The summed E-state index contributed by atoms with van der Waals surface area (Å²) in [5.41, 5.74) is 32.0. The van der Waals surface area contributed by atoms with Crippen molar-refractivity contribution in [2.24, 2.45) is 45.3 Å². The first-order valence-electron chi connectivity index (χ1n) is 44.3. The minimum absolute atomic E-state index is 0.0511. The van der Waals surface area contributed by atoms with Crippen LogP contribution in [0.15, 0.2) is 9.89 Å². The molecule has 750 valence electrons. The summed E-state index contributed by atoms with van der Waals surface area (Å²) in [7, 11) is -4.49. The Morgan fingerprint density at radius 3 is 1.40 bits per heavy atom. The van der Waals surface area contributed by atoms with Crippen LogP contribution in [-0.4, -0.2) is 264 Å². The van der Waals surface area contributed by atoms with Gasteiger partial charge in [-0.25, -0.2) is 22.7 Å². The summed E-state index contributed by atoms with van der Waals surface area (Å²) in [5, 5.41) is 37.0. The Balaban J connectivity index is 2.20. The number of aliphatic imine (C=N–C) groups is 1. The number of carbonyl (C=O) groups is 18. The number of fused-ring (bicyclic) bond motifs is 1. The number of ether oxygens (including phenoxy) is 5. The monoisotopic (exact) mass is 1910 g/mol. The molecule has 1 fully saturated rings. The number of primary amides is 4. The third-order valence-corrected chi connectivity index (χ3v) is 22.4. The number of carboxylic acids is 1. The van der Waals surface area contributed by atoms with Gasteiger partial charge in [0, 0.05) is 45.3 Å². The number of nitrogens with two attached hydrogens (primary N) is 6. The van der Waals surface area contributed by atoms with Gasteiger partial charge >= 0.3 is 18.0 Å². The van der Waals surface area contributed by atoms with Crippen molar-refractivity contribution in [1.29, 1.82) is 0 Å². The quantitative estimate of drug-likeness (QED) is 0.0147. The maximum Gasteiger partial charge on any atom is 0.407 e. The van der Waals surface area contributed by atoms with E-state index in [0.29, 0.717) is 40.8 Å². The number of carboxylic acid groups (broad SMARTS) is 1. The average Bonchev–Trinajstić information content (AvgIpc) is 1.12. The van der Waals surface area contributed by atoms with Crippen LogP contribution in [0, 0.1) is 26.7 Å². The largest absolute Gasteiger partial charge is 0.487 e. The zero-order chi connectivity index (χ0) is 102. The number of esters is 1. The molecule has 0 aliphatic carbocycles. The van der Waals surface area contributed by atoms with Crippen molar-refractivity contribution in [2.45, 2.75) is 359 Å². The van der Waals surface area contributed by atoms with Gasteiger partial charge in [0.15, 0.2) is 0 Å². The molecule has 0 spiro atoms. The van der Waals surface area contributed by atoms with E-state index in [0.717, 1.165) is 11.8 Å². The number of likely N-dealkylation sites (tertiary alicyclic amines) is 1. The third-order valence-electron chi connectivity index (χ3n) is 20.8. The smallest absolute Gasteiger partial charge is 0.407 e. The van der Waals surface area contributed by atoms with E-state index in [1.54, 1.807) is 118 Å². The molecule has 0 saturated carbocycles. The van der Waals surface area contributed by atoms with Crippen LogP contribution in [0.5, 0.6) is 5.75 Å². The molecule has 0 bridgehead atoms. The van der Waals surface area contributed by atoms with Gasteiger partial charge in [0.2, 0.25) is 94.6 Å². The lowest BCUT2D eigenvalue weighted by molar-refractivity contribution is -0.155. The first-order chi connectivity index (χ1) is 61.2. The second-order valence-electron chi connectivity index (χ2n) is 38.1. The molecule has 0 unspecified atom stereocenters. The number of hydrogen-bond acceptors (Lipinski definition) is 27. The molecule has 2 aliphatic rings. The lowest BCUT2D eigenvalue weighted by Crippen LogP contribution is -2.61. The molecular weight excluding hydrogens is 1760 g/mol. The molecule has 0 radical (unpaired) electrons. The molecule has 0 aromatic heterocycles. The molecule has 1 aromatic carbocycles. The van der Waals surface area contributed by atoms with Gasteiger partial charge in [0.25, 0.3) is 10.0 Å². The molecule has 1 saturated heterocycles. The van der Waals surface area contributed by atoms with E-state index in [1.165, 1.54) is 0 Å². The van der Waals surface area contributed by atoms with Gasteiger partial charge in [-0.2, -0.15) is 0 Å². The van der Waals surface area contributed by atoms with Crippen molar-refractivity contribution < 1.29 is 124 Å². The van der Waals surface area contributed by atoms with Gasteiger partial charge in [-0.05, 0) is 236 Å². The van der Waals surface area contributed by atoms with Crippen LogP contribution in [0.25, 0.3) is 0 Å². The van der Waals surface area contributed by atoms with Gasteiger partial charge in [-0.15, -0.1) is 0 Å². The lowest BCUT2D eigenvalue weighted by atomic mass is 9.88. The van der Waals surface area contributed by atoms with Crippen LogP contribution in [0.1, 0.15) is 249 Å². The molecule has 1 aromatic rings. The Morgan fingerprint density at radius 1 is 0.511 bits per heavy atom. The van der Waals surface area contributed by atoms with Crippen molar-refractivity contribution in [3.63, 3.8) is 0 Å². The van der Waals surface area contributed by atoms with Crippen molar-refractivity contribution in [1.82, 2.24) is 68.1 Å². The second-order valence-corrected chi connectivity index (χ2v) is 39.7. The lowest BCUT2D eigenvalue weighted by Gasteiger charge is -2.35. The molecular formula is C86H144N20O26S. The predicted octanol–water partition coefficient (Wildman–Crippen LogP) is -1.87. The number of benzene rings is 1. The Hall–Kier alpha value is -11.6. The average molecular weight is 1910 g/mol. The summed E-state index contributed by atoms with van der Waals surface area (Å²) in [4.78, 5) is 252. The molecule has 46 nitrogen and oxygen atoms in total. The van der Waals surface area contributed by atoms with E-state index in [2.05, 4.69) is 68.2 Å². The van der Waals surface area contributed by atoms with Gasteiger partial charge in [-0.1, -0.05) is 13.8 Å². The topological polar surface area (TPSA) is 724 Å². The maximum atomic E-state index is 15.3. The zero-order valence-electron chi connectivity index (χ0n) is 80.2. The summed E-state index contributed by atoms with van der Waals surface area (Å²) in [6.07, 6.45) is -4.94. The summed E-state index contributed by atoms with van der Waals surface area (Å²) < 4.78 is 60.0. The van der Waals surface area contributed by atoms with E-state index in [4.69, 9.17) is 58.1 Å². The van der Waals surface area contributed by atoms with Gasteiger partial charge in [0.05, 0.1) is 41.8 Å². The number of nitrogens with one attached hydrogen (secondary N) is 12. The number of hydrogen-bond donors (Lipinski definition) is 19. The number of nitrogens with zero attached hydrogens (tertiary/aromatic N) is 2. The summed E-state index contributed by atoms with van der Waals surface area (Å²) >= 11 is 0. The van der Waals surface area contributed by atoms with Crippen LogP contribution >= 0.6 is 0 Å². The third kappa shape index (κ3) is 41.6. The first-order valence-corrected chi connectivity index (χ1v) is 45.8. The fourth-order valence-electron chi connectivity index (χ4n) is 13.7. The van der Waals surface area contributed by atoms with Gasteiger partial charge in [-0.3, -0.25) is 81.7 Å². The maximum absolute atomic E-state index is 15.3. The number of aliphatic carboxylic acids is 1. The number of carbonyl (C=O) groups excluding carboxylic acids is 17. The van der Waals surface area contributed by atoms with Gasteiger partial charge in [0.1, 0.15) is 89.0 Å². The van der Waals surface area contributed by atoms with Crippen LogP contribution in [0.4, 0.5) is 4.79 Å². The fourth-order valence-corrected chi connectivity index (χ4v) is 15.3. The number of sulfonamides is 1. The Kier molecular flexibility index (Phi) is 44.8. The fraction of sp³-hybridized carbons (Fsp3) is 0.709. The molecule has 133 heavy (non-hydrogen) atoms. The molecule has 47 heteroatoms. The number of guanidine groups is 1. The Labute approximate surface area is 776 Å². The second kappa shape index (κ2) is 51.6. The minimum atomic E-state index is -4.49. The van der Waals surface area contributed by atoms with Crippen molar-refractivity contribution >= 4 is 123 Å². The van der Waals surface area contributed by atoms with Crippen LogP contribution in [0.2, 0.25) is 0 Å². The molecule has 16 amide bonds. The molecule has 2 heterocycles. The Bertz CT molecular complexity index is 4500. The zero-order valence-corrected chi connectivity index (χ0v) is 81.0. The standard InChI is InChI=1S/C86H144N20O26S/c1-44(2)65(79(123)124)104-77(121)59-27-24-40-106(59)78(122)56(41-63(91)110)101-74(118)55(31-35-64(111)130-84(13,14)15)96-68(112)48(6)95-70(114)53(29-33-61(89)108)99-75(119)57(42-128-82(7,8)9)103-72(116)52(26-23-39-93-80(92)105-133(126,127)67-46(4)45(3)66-49(47(67)5)36-37-86(19,20)131-66)98-73(117)54(30-34-62(90)109)100-76(120)58(43-129-83(10,11)12)102-71(115)51(97-69(113)50(87)28-32-60(88)107)25-21-22-38-94-81(125)132-85(16,17)18/h44,48,50-59,65H,21-43,87H2,1-20H3,(H2,88,107)(H2,89,108)(H2,90,109)(H2,91,110)(H,94,125)(H,95,114)(H,96,112)(H,97,113)(H,98,117)(H,99,119)(H,100,120)(H,101,118)(H,102,115)(H,103,116)(H,104,121)(H,123,124)(H3,92,93,105)/t48-,50-,51-,52-,53-,54-,55-,56-,57-,58-,59-,65-/m0/s1. The van der Waals surface area contributed by atoms with E-state index >= 15 is 14.4 Å². The molecule has 2 aliphatic heterocycles. The van der Waals surface area contributed by atoms with Crippen molar-refractivity contribution in [3.05, 3.63) is 22.3 Å². The predicted molar refractivity (Wildman–Crippen MR) is 484 cm³/mol. The van der Waals surface area contributed by atoms with Crippen LogP contribution in [0.3, 0.4) is 0 Å². The van der Waals surface area contributed by atoms with E-state index in [1.807, 2.05) is 13.8 Å². The van der Waals surface area contributed by atoms with E-state index < -0.39 is 300 Å². The van der Waals surface area contributed by atoms with E-state index in [-0.39, 0.29) is 69.4 Å². The molecule has 25 N–H and O–H groups in total. The number of unbranched alkanes of at least 4 members (excludes halogenated alkanes) is 1. The number of alkyl carbamates (subject to hydrolysis) is 1. The van der Waals surface area contributed by atoms with E-state index in [9.17, 15) is 85.4 Å². The summed E-state index contributed by atoms with van der Waals surface area (Å²) in [6, 6.07) is -20.0. The van der Waals surface area contributed by atoms with Crippen molar-refractivity contribution in [3.8, 4) is 5.75 Å². The highest BCUT2D eigenvalue weighted by Gasteiger charge is 2.43. The SMILES string of the molecule is Cc1c(C)c(S(=O)(=O)NC(N)=NCCC[C@H](NC(=O)[C@H](CCC(N)=O)NC(=O)[C@H](COC(C)(C)C)NC(=O)[C@H](CCCCNC(=O)OC(C)(C)C)NC(=O)[C@@H](N)CCC(N)=O)C(=O)N[C@@H](COC(C)(C)C)C(=O)N[C@@H](CCC(N)=O)C(=O)N[C@@H](C)C(=O)N[C@@H](CCC(=O)OC(C)(C)C)C(=O)N[C@@H](CC(N)=O)C(=O)N2CCC[C@H]2C(=O)N[C@H](C(=O)O)C(C)C)c(C)c2c1OC(C)(C)CC2. The van der Waals surface area contributed by atoms with Crippen LogP contribution in [-0.2, 0) is 117 Å². The highest BCUT2D eigenvalue weighted by molar-refractivity contribution is 7.90. The molecule has 3 rings (SSSR count). The normalized spacial score (nSPS) is 16.5. The highest BCUT2D eigenvalue weighted by Crippen LogP contribution is 2.42.